The van der Waals surface area contributed by atoms with E-state index < -0.39 is 10.5 Å². The molecule has 0 amide bonds. The highest BCUT2D eigenvalue weighted by molar-refractivity contribution is 5.48. The van der Waals surface area contributed by atoms with Gasteiger partial charge >= 0.3 is 0 Å². The van der Waals surface area contributed by atoms with Crippen LogP contribution in [0.25, 0.3) is 0 Å². The van der Waals surface area contributed by atoms with E-state index in [9.17, 15) is 14.9 Å². The van der Waals surface area contributed by atoms with Crippen molar-refractivity contribution in [2.45, 2.75) is 31.2 Å². The second-order valence-corrected chi connectivity index (χ2v) is 4.22. The van der Waals surface area contributed by atoms with E-state index in [4.69, 9.17) is 0 Å². The van der Waals surface area contributed by atoms with E-state index in [0.29, 0.717) is 18.4 Å². The van der Waals surface area contributed by atoms with Crippen LogP contribution < -0.4 is 0 Å². The van der Waals surface area contributed by atoms with Crippen molar-refractivity contribution < 1.29 is 9.72 Å². The smallest absolute Gasteiger partial charge is 0.258 e. The van der Waals surface area contributed by atoms with E-state index in [1.807, 2.05) is 0 Å². The zero-order valence-corrected chi connectivity index (χ0v) is 9.26. The number of aliphatic imine (C=N–C) groups is 1. The van der Waals surface area contributed by atoms with Crippen molar-refractivity contribution in [2.24, 2.45) is 4.99 Å². The summed E-state index contributed by atoms with van der Waals surface area (Å²) in [5, 5.41) is 11.0. The van der Waals surface area contributed by atoms with Crippen molar-refractivity contribution >= 4 is 11.8 Å². The third-order valence-electron chi connectivity index (χ3n) is 3.29. The molecule has 5 heteroatoms. The summed E-state index contributed by atoms with van der Waals surface area (Å²) in [6, 6.07) is 6.50. The second kappa shape index (κ2) is 4.47. The third-order valence-corrected chi connectivity index (χ3v) is 3.29. The number of benzene rings is 1. The van der Waals surface area contributed by atoms with Crippen molar-refractivity contribution in [3.63, 3.8) is 0 Å². The Morgan fingerprint density at radius 3 is 2.53 bits per heavy atom. The van der Waals surface area contributed by atoms with E-state index in [2.05, 4.69) is 4.99 Å². The van der Waals surface area contributed by atoms with Crippen LogP contribution in [0.1, 0.15) is 31.2 Å². The number of hydrogen-bond acceptors (Lipinski definition) is 4. The number of hydrogen-bond donors (Lipinski definition) is 0. The molecule has 0 radical (unpaired) electrons. The van der Waals surface area contributed by atoms with Crippen LogP contribution in [-0.2, 0) is 10.3 Å². The van der Waals surface area contributed by atoms with Crippen molar-refractivity contribution in [1.82, 2.24) is 0 Å². The van der Waals surface area contributed by atoms with Crippen molar-refractivity contribution in [1.29, 1.82) is 0 Å². The van der Waals surface area contributed by atoms with Gasteiger partial charge in [0.1, 0.15) is 5.54 Å². The fourth-order valence-corrected chi connectivity index (χ4v) is 2.51. The molecule has 0 aromatic heterocycles. The lowest BCUT2D eigenvalue weighted by Gasteiger charge is -2.22. The molecule has 0 aliphatic heterocycles. The number of carbonyl (C=O) groups excluding carboxylic acids is 1. The fourth-order valence-electron chi connectivity index (χ4n) is 2.51. The normalized spacial score (nSPS) is 17.4. The van der Waals surface area contributed by atoms with E-state index >= 15 is 0 Å². The molecule has 1 aliphatic carbocycles. The number of nitro groups is 1. The molecular weight excluding hydrogens is 220 g/mol. The first-order valence-corrected chi connectivity index (χ1v) is 5.52. The van der Waals surface area contributed by atoms with Gasteiger partial charge in [0, 0.05) is 6.07 Å². The maximum absolute atomic E-state index is 11.0. The Kier molecular flexibility index (Phi) is 3.02. The summed E-state index contributed by atoms with van der Waals surface area (Å²) in [5.41, 5.74) is -0.162. The highest BCUT2D eigenvalue weighted by atomic mass is 16.6. The second-order valence-electron chi connectivity index (χ2n) is 4.22. The highest BCUT2D eigenvalue weighted by Crippen LogP contribution is 2.45. The standard InChI is InChI=1S/C12H12N2O3/c15-9-13-12(7-3-4-8-12)10-5-1-2-6-11(10)14(16)17/h1-2,5-6H,3-4,7-8H2. The van der Waals surface area contributed by atoms with E-state index in [1.165, 1.54) is 6.07 Å². The van der Waals surface area contributed by atoms with E-state index in [1.54, 1.807) is 24.3 Å². The van der Waals surface area contributed by atoms with Gasteiger partial charge in [-0.1, -0.05) is 25.0 Å². The van der Waals surface area contributed by atoms with Crippen molar-refractivity contribution in [3.05, 3.63) is 39.9 Å². The predicted octanol–water partition coefficient (Wildman–Crippen LogP) is 2.70. The number of para-hydroxylation sites is 1. The van der Waals surface area contributed by atoms with Gasteiger partial charge < -0.3 is 0 Å². The average molecular weight is 232 g/mol. The molecular formula is C12H12N2O3. The zero-order valence-electron chi connectivity index (χ0n) is 9.26. The minimum absolute atomic E-state index is 0.0356. The lowest BCUT2D eigenvalue weighted by atomic mass is 9.88. The summed E-state index contributed by atoms with van der Waals surface area (Å²) in [5.74, 6) is 0. The SMILES string of the molecule is O=C=NC1(c2ccccc2[N+](=O)[O-])CCCC1. The van der Waals surface area contributed by atoms with Crippen LogP contribution in [0.5, 0.6) is 0 Å². The lowest BCUT2D eigenvalue weighted by molar-refractivity contribution is -0.386. The van der Waals surface area contributed by atoms with Gasteiger partial charge in [-0.2, -0.15) is 4.99 Å². The molecule has 1 fully saturated rings. The molecule has 0 spiro atoms. The summed E-state index contributed by atoms with van der Waals surface area (Å²) < 4.78 is 0. The summed E-state index contributed by atoms with van der Waals surface area (Å²) in [4.78, 5) is 25.0. The van der Waals surface area contributed by atoms with Gasteiger partial charge in [0.05, 0.1) is 10.5 Å². The Hall–Kier alpha value is -2.00. The first kappa shape index (κ1) is 11.5. The summed E-state index contributed by atoms with van der Waals surface area (Å²) >= 11 is 0. The zero-order chi connectivity index (χ0) is 12.3. The van der Waals surface area contributed by atoms with Gasteiger partial charge in [0.25, 0.3) is 5.69 Å². The summed E-state index contributed by atoms with van der Waals surface area (Å²) in [6.07, 6.45) is 4.77. The topological polar surface area (TPSA) is 72.6 Å². The van der Waals surface area contributed by atoms with Gasteiger partial charge in [-0.3, -0.25) is 10.1 Å². The molecule has 17 heavy (non-hydrogen) atoms. The Morgan fingerprint density at radius 2 is 1.94 bits per heavy atom. The molecule has 1 aliphatic rings. The monoisotopic (exact) mass is 232 g/mol. The summed E-state index contributed by atoms with van der Waals surface area (Å²) in [7, 11) is 0. The number of nitro benzene ring substituents is 1. The number of nitrogens with zero attached hydrogens (tertiary/aromatic N) is 2. The fraction of sp³-hybridized carbons (Fsp3) is 0.417. The van der Waals surface area contributed by atoms with Gasteiger partial charge in [0.15, 0.2) is 0 Å². The van der Waals surface area contributed by atoms with Crippen LogP contribution in [0.15, 0.2) is 29.3 Å². The molecule has 0 bridgehead atoms. The summed E-state index contributed by atoms with van der Waals surface area (Å²) in [6.45, 7) is 0. The Balaban J connectivity index is 2.57. The minimum atomic E-state index is -0.731. The molecule has 0 N–H and O–H groups in total. The Bertz CT molecular complexity index is 486. The molecule has 1 aromatic carbocycles. The number of isocyanates is 1. The predicted molar refractivity (Wildman–Crippen MR) is 61.4 cm³/mol. The molecule has 0 heterocycles. The lowest BCUT2D eigenvalue weighted by Crippen LogP contribution is -2.20. The van der Waals surface area contributed by atoms with E-state index in [0.717, 1.165) is 12.8 Å². The maximum atomic E-state index is 11.0. The number of rotatable bonds is 3. The molecule has 0 atom stereocenters. The Labute approximate surface area is 98.3 Å². The van der Waals surface area contributed by atoms with Crippen LogP contribution in [0, 0.1) is 10.1 Å². The highest BCUT2D eigenvalue weighted by Gasteiger charge is 2.40. The van der Waals surface area contributed by atoms with Crippen LogP contribution in [0.2, 0.25) is 0 Å². The van der Waals surface area contributed by atoms with Crippen LogP contribution in [0.3, 0.4) is 0 Å². The van der Waals surface area contributed by atoms with Crippen LogP contribution in [-0.4, -0.2) is 11.0 Å². The maximum Gasteiger partial charge on any atom is 0.275 e. The minimum Gasteiger partial charge on any atom is -0.258 e. The first-order chi connectivity index (χ1) is 8.19. The van der Waals surface area contributed by atoms with Crippen LogP contribution >= 0.6 is 0 Å². The largest absolute Gasteiger partial charge is 0.275 e. The third kappa shape index (κ3) is 1.97. The van der Waals surface area contributed by atoms with Crippen molar-refractivity contribution in [2.75, 3.05) is 0 Å². The molecule has 2 rings (SSSR count). The molecule has 88 valence electrons. The van der Waals surface area contributed by atoms with Crippen molar-refractivity contribution in [3.8, 4) is 0 Å². The molecule has 1 saturated carbocycles. The van der Waals surface area contributed by atoms with Gasteiger partial charge in [-0.05, 0) is 18.9 Å². The van der Waals surface area contributed by atoms with Crippen LogP contribution in [0.4, 0.5) is 5.69 Å². The molecule has 1 aromatic rings. The van der Waals surface area contributed by atoms with E-state index in [-0.39, 0.29) is 5.69 Å². The average Bonchev–Trinajstić information content (AvgIpc) is 2.79. The van der Waals surface area contributed by atoms with Gasteiger partial charge in [-0.25, -0.2) is 4.79 Å². The first-order valence-electron chi connectivity index (χ1n) is 5.52. The Morgan fingerprint density at radius 1 is 1.29 bits per heavy atom. The molecule has 5 nitrogen and oxygen atoms in total. The molecule has 0 unspecified atom stereocenters. The molecule has 0 saturated heterocycles. The van der Waals surface area contributed by atoms with Gasteiger partial charge in [-0.15, -0.1) is 0 Å². The quantitative estimate of drug-likeness (QED) is 0.348. The van der Waals surface area contributed by atoms with Gasteiger partial charge in [0.2, 0.25) is 6.08 Å².